The lowest BCUT2D eigenvalue weighted by molar-refractivity contribution is -0.131. The summed E-state index contributed by atoms with van der Waals surface area (Å²) >= 11 is 3.53. The summed E-state index contributed by atoms with van der Waals surface area (Å²) in [4.78, 5) is 14.2. The molecule has 4 nitrogen and oxygen atoms in total. The van der Waals surface area contributed by atoms with Gasteiger partial charge in [-0.1, -0.05) is 0 Å². The number of amides is 1. The molecule has 104 valence electrons. The van der Waals surface area contributed by atoms with Gasteiger partial charge in [-0.3, -0.25) is 4.79 Å². The molecule has 2 heterocycles. The molecule has 2 fully saturated rings. The van der Waals surface area contributed by atoms with Crippen LogP contribution >= 0.6 is 23.5 Å². The second-order valence-corrected chi connectivity index (χ2v) is 9.30. The molecule has 2 saturated heterocycles. The fourth-order valence-corrected chi connectivity index (χ4v) is 6.78. The number of carbonyl (C=O) groups is 1. The third kappa shape index (κ3) is 3.36. The maximum absolute atomic E-state index is 12.4. The highest BCUT2D eigenvalue weighted by Crippen LogP contribution is 2.27. The minimum atomic E-state index is -2.92. The van der Waals surface area contributed by atoms with Crippen LogP contribution in [-0.2, 0) is 14.6 Å². The Kier molecular flexibility index (Phi) is 4.88. The molecule has 0 aromatic heterocycles. The largest absolute Gasteiger partial charge is 0.338 e. The lowest BCUT2D eigenvalue weighted by atomic mass is 10.2. The summed E-state index contributed by atoms with van der Waals surface area (Å²) < 4.78 is 23.0. The van der Waals surface area contributed by atoms with Gasteiger partial charge < -0.3 is 4.90 Å². The molecule has 0 N–H and O–H groups in total. The van der Waals surface area contributed by atoms with Crippen molar-refractivity contribution in [2.45, 2.75) is 24.6 Å². The molecule has 1 amide bonds. The van der Waals surface area contributed by atoms with Gasteiger partial charge >= 0.3 is 0 Å². The molecule has 2 rings (SSSR count). The van der Waals surface area contributed by atoms with E-state index in [-0.39, 0.29) is 28.7 Å². The van der Waals surface area contributed by atoms with Crippen LogP contribution in [0.3, 0.4) is 0 Å². The minimum absolute atomic E-state index is 0.0204. The standard InChI is InChI=1S/C11H19NO3S3/c1-2-12(9-3-6-18(14,15)8-9)11(13)10-7-16-4-5-17-10/h9-10H,2-8H2,1H3/t9-,10+/m0/s1. The van der Waals surface area contributed by atoms with Crippen molar-refractivity contribution < 1.29 is 13.2 Å². The van der Waals surface area contributed by atoms with Crippen LogP contribution in [0.5, 0.6) is 0 Å². The Labute approximate surface area is 117 Å². The van der Waals surface area contributed by atoms with E-state index in [4.69, 9.17) is 0 Å². The molecule has 2 aliphatic rings. The Morgan fingerprint density at radius 2 is 2.17 bits per heavy atom. The Morgan fingerprint density at radius 1 is 1.39 bits per heavy atom. The fraction of sp³-hybridized carbons (Fsp3) is 0.909. The molecule has 7 heteroatoms. The van der Waals surface area contributed by atoms with Crippen LogP contribution in [-0.4, -0.2) is 65.8 Å². The van der Waals surface area contributed by atoms with E-state index in [9.17, 15) is 13.2 Å². The first kappa shape index (κ1) is 14.5. The predicted molar refractivity (Wildman–Crippen MR) is 78.0 cm³/mol. The molecule has 0 unspecified atom stereocenters. The zero-order valence-corrected chi connectivity index (χ0v) is 13.0. The van der Waals surface area contributed by atoms with Gasteiger partial charge in [0.15, 0.2) is 9.84 Å². The Morgan fingerprint density at radius 3 is 2.67 bits per heavy atom. The lowest BCUT2D eigenvalue weighted by Gasteiger charge is -2.31. The normalized spacial score (nSPS) is 31.2. The fourth-order valence-electron chi connectivity index (χ4n) is 2.43. The van der Waals surface area contributed by atoms with Crippen LogP contribution in [0.2, 0.25) is 0 Å². The van der Waals surface area contributed by atoms with Crippen LogP contribution < -0.4 is 0 Å². The monoisotopic (exact) mass is 309 g/mol. The minimum Gasteiger partial charge on any atom is -0.338 e. The van der Waals surface area contributed by atoms with Crippen LogP contribution in [0.15, 0.2) is 0 Å². The summed E-state index contributed by atoms with van der Waals surface area (Å²) in [7, 11) is -2.92. The first-order valence-corrected chi connectivity index (χ1v) is 10.3. The summed E-state index contributed by atoms with van der Waals surface area (Å²) in [6.45, 7) is 2.55. The molecule has 18 heavy (non-hydrogen) atoms. The van der Waals surface area contributed by atoms with E-state index in [0.717, 1.165) is 17.3 Å². The highest BCUT2D eigenvalue weighted by atomic mass is 32.2. The van der Waals surface area contributed by atoms with Gasteiger partial charge in [0.05, 0.1) is 16.8 Å². The van der Waals surface area contributed by atoms with Gasteiger partial charge in [0.1, 0.15) is 0 Å². The molecule has 0 bridgehead atoms. The van der Waals surface area contributed by atoms with E-state index in [0.29, 0.717) is 13.0 Å². The first-order valence-electron chi connectivity index (χ1n) is 6.24. The lowest BCUT2D eigenvalue weighted by Crippen LogP contribution is -2.46. The second kappa shape index (κ2) is 6.05. The topological polar surface area (TPSA) is 54.5 Å². The van der Waals surface area contributed by atoms with E-state index in [1.807, 2.05) is 18.7 Å². The molecule has 0 spiro atoms. The zero-order chi connectivity index (χ0) is 13.2. The van der Waals surface area contributed by atoms with E-state index in [2.05, 4.69) is 0 Å². The van der Waals surface area contributed by atoms with Crippen LogP contribution in [0, 0.1) is 0 Å². The van der Waals surface area contributed by atoms with Crippen molar-refractivity contribution in [1.29, 1.82) is 0 Å². The Bertz CT molecular complexity index is 404. The number of sulfone groups is 1. The molecule has 0 radical (unpaired) electrons. The first-order chi connectivity index (χ1) is 8.53. The average Bonchev–Trinajstić information content (AvgIpc) is 2.71. The van der Waals surface area contributed by atoms with E-state index < -0.39 is 9.84 Å². The van der Waals surface area contributed by atoms with E-state index in [1.165, 1.54) is 0 Å². The number of hydrogen-bond acceptors (Lipinski definition) is 5. The zero-order valence-electron chi connectivity index (χ0n) is 10.5. The summed E-state index contributed by atoms with van der Waals surface area (Å²) in [6, 6.07) is -0.0972. The quantitative estimate of drug-likeness (QED) is 0.774. The summed E-state index contributed by atoms with van der Waals surface area (Å²) in [5, 5.41) is 0.0204. The number of carbonyl (C=O) groups excluding carboxylic acids is 1. The molecule has 0 aromatic rings. The molecule has 0 saturated carbocycles. The van der Waals surface area contributed by atoms with E-state index >= 15 is 0 Å². The van der Waals surface area contributed by atoms with Crippen LogP contribution in [0.25, 0.3) is 0 Å². The van der Waals surface area contributed by atoms with Gasteiger partial charge in [-0.15, -0.1) is 11.8 Å². The third-order valence-corrected chi connectivity index (χ3v) is 7.86. The maximum atomic E-state index is 12.4. The van der Waals surface area contributed by atoms with Crippen LogP contribution in [0.4, 0.5) is 0 Å². The van der Waals surface area contributed by atoms with Gasteiger partial charge in [-0.25, -0.2) is 8.42 Å². The number of thioether (sulfide) groups is 2. The highest BCUT2D eigenvalue weighted by molar-refractivity contribution is 8.07. The van der Waals surface area contributed by atoms with Gasteiger partial charge in [-0.05, 0) is 13.3 Å². The van der Waals surface area contributed by atoms with Crippen molar-refractivity contribution in [3.05, 3.63) is 0 Å². The molecule has 2 aliphatic heterocycles. The molecule has 0 aromatic carbocycles. The van der Waals surface area contributed by atoms with Crippen molar-refractivity contribution in [1.82, 2.24) is 4.90 Å². The van der Waals surface area contributed by atoms with Gasteiger partial charge in [0.25, 0.3) is 0 Å². The summed E-state index contributed by atoms with van der Waals surface area (Å²) in [6.07, 6.45) is 0.604. The molecular weight excluding hydrogens is 290 g/mol. The van der Waals surface area contributed by atoms with Crippen molar-refractivity contribution in [3.63, 3.8) is 0 Å². The molecular formula is C11H19NO3S3. The van der Waals surface area contributed by atoms with Crippen molar-refractivity contribution in [3.8, 4) is 0 Å². The maximum Gasteiger partial charge on any atom is 0.236 e. The van der Waals surface area contributed by atoms with Gasteiger partial charge in [-0.2, -0.15) is 11.8 Å². The third-order valence-electron chi connectivity index (χ3n) is 3.36. The van der Waals surface area contributed by atoms with Crippen molar-refractivity contribution >= 4 is 39.3 Å². The average molecular weight is 309 g/mol. The second-order valence-electron chi connectivity index (χ2n) is 4.62. The Hall–Kier alpha value is 0.120. The molecule has 2 atom stereocenters. The summed E-state index contributed by atoms with van der Waals surface area (Å²) in [5.74, 6) is 3.50. The van der Waals surface area contributed by atoms with Crippen molar-refractivity contribution in [2.24, 2.45) is 0 Å². The van der Waals surface area contributed by atoms with Gasteiger partial charge in [0.2, 0.25) is 5.91 Å². The predicted octanol–water partition coefficient (Wildman–Crippen LogP) is 0.871. The molecule has 0 aliphatic carbocycles. The van der Waals surface area contributed by atoms with Crippen LogP contribution in [0.1, 0.15) is 13.3 Å². The van der Waals surface area contributed by atoms with Gasteiger partial charge in [0, 0.05) is 29.8 Å². The number of rotatable bonds is 3. The van der Waals surface area contributed by atoms with Crippen molar-refractivity contribution in [2.75, 3.05) is 35.3 Å². The number of hydrogen-bond donors (Lipinski definition) is 0. The summed E-state index contributed by atoms with van der Waals surface area (Å²) in [5.41, 5.74) is 0. The smallest absolute Gasteiger partial charge is 0.236 e. The van der Waals surface area contributed by atoms with E-state index in [1.54, 1.807) is 16.7 Å². The highest BCUT2D eigenvalue weighted by Gasteiger charge is 2.36. The SMILES string of the molecule is CCN(C(=O)[C@H]1CSCCS1)[C@H]1CCS(=O)(=O)C1. The number of nitrogens with zero attached hydrogens (tertiary/aromatic N) is 1. The Balaban J connectivity index is 2.01.